The van der Waals surface area contributed by atoms with Crippen LogP contribution in [0, 0.1) is 17.3 Å². The van der Waals surface area contributed by atoms with Gasteiger partial charge in [0.25, 0.3) is 0 Å². The summed E-state index contributed by atoms with van der Waals surface area (Å²) in [5.41, 5.74) is 0.411. The van der Waals surface area contributed by atoms with Crippen LogP contribution < -0.4 is 5.32 Å². The fourth-order valence-electron chi connectivity index (χ4n) is 8.55. The number of aliphatic hydroxyl groups is 1. The zero-order valence-electron chi connectivity index (χ0n) is 24.2. The van der Waals surface area contributed by atoms with Gasteiger partial charge in [-0.2, -0.15) is 22.0 Å². The fourth-order valence-corrected chi connectivity index (χ4v) is 8.55. The van der Waals surface area contributed by atoms with E-state index in [2.05, 4.69) is 5.32 Å². The van der Waals surface area contributed by atoms with Gasteiger partial charge in [-0.05, 0) is 96.9 Å². The van der Waals surface area contributed by atoms with Crippen molar-refractivity contribution in [2.75, 3.05) is 5.32 Å². The third-order valence-electron chi connectivity index (χ3n) is 10.8. The van der Waals surface area contributed by atoms with E-state index in [4.69, 9.17) is 0 Å². The number of nitrogens with one attached hydrogen (secondary N) is 1. The van der Waals surface area contributed by atoms with Crippen LogP contribution in [-0.4, -0.2) is 39.7 Å². The molecule has 0 amide bonds. The molecule has 0 spiro atoms. The van der Waals surface area contributed by atoms with Gasteiger partial charge >= 0.3 is 18.1 Å². The van der Waals surface area contributed by atoms with E-state index in [9.17, 15) is 33.0 Å². The van der Waals surface area contributed by atoms with E-state index in [1.807, 2.05) is 24.3 Å². The Morgan fingerprint density at radius 1 is 1.02 bits per heavy atom. The number of hydrogen-bond acceptors (Lipinski definition) is 4. The molecule has 0 saturated heterocycles. The molecule has 234 valence electrons. The molecule has 6 rings (SSSR count). The van der Waals surface area contributed by atoms with Gasteiger partial charge in [0.05, 0.1) is 5.56 Å². The minimum atomic E-state index is -5.89. The predicted molar refractivity (Wildman–Crippen MR) is 153 cm³/mol. The van der Waals surface area contributed by atoms with Gasteiger partial charge in [0.15, 0.2) is 5.78 Å². The number of aromatic carboxylic acids is 1. The molecule has 0 heterocycles. The molecular weight excluding hydrogens is 581 g/mol. The second-order valence-electron chi connectivity index (χ2n) is 12.9. The minimum absolute atomic E-state index is 0.0332. The van der Waals surface area contributed by atoms with Crippen LogP contribution in [0.4, 0.5) is 27.6 Å². The first-order chi connectivity index (χ1) is 20.7. The van der Waals surface area contributed by atoms with Crippen LogP contribution in [-0.2, 0) is 11.3 Å². The lowest BCUT2D eigenvalue weighted by atomic mass is 9.50. The molecule has 0 bridgehead atoms. The van der Waals surface area contributed by atoms with Crippen LogP contribution in [0.2, 0.25) is 0 Å². The van der Waals surface area contributed by atoms with Crippen molar-refractivity contribution < 1.29 is 41.8 Å². The summed E-state index contributed by atoms with van der Waals surface area (Å²) in [6.45, 7) is 1.79. The first-order valence-electron chi connectivity index (χ1n) is 15.0. The number of halogens is 5. The molecular formula is C34H34F5NO4. The van der Waals surface area contributed by atoms with E-state index in [1.165, 1.54) is 19.1 Å². The maximum atomic E-state index is 15.2. The maximum Gasteiger partial charge on any atom is 0.456 e. The SMILES string of the molecule is C[C@]12C[C@H](c3ccc(CNc4cccc(C(=O)O)c4)cc3)C3=C4CCC(=O)C=C4CCC3C1CC[C@]2(O)C(F)(F)C(F)(F)F. The molecule has 0 radical (unpaired) electrons. The molecule has 0 aliphatic heterocycles. The minimum Gasteiger partial charge on any atom is -0.478 e. The van der Waals surface area contributed by atoms with Gasteiger partial charge in [-0.1, -0.05) is 42.8 Å². The van der Waals surface area contributed by atoms with E-state index in [1.54, 1.807) is 18.2 Å². The van der Waals surface area contributed by atoms with Gasteiger partial charge in [0, 0.05) is 30.0 Å². The lowest BCUT2D eigenvalue weighted by molar-refractivity contribution is -0.362. The summed E-state index contributed by atoms with van der Waals surface area (Å²) in [6.07, 6.45) is -2.96. The number of alkyl halides is 5. The number of ketones is 1. The zero-order valence-corrected chi connectivity index (χ0v) is 24.2. The number of hydrogen-bond donors (Lipinski definition) is 3. The number of carbonyl (C=O) groups excluding carboxylic acids is 1. The Morgan fingerprint density at radius 2 is 1.75 bits per heavy atom. The molecule has 3 N–H and O–H groups in total. The maximum absolute atomic E-state index is 15.2. The Kier molecular flexibility index (Phi) is 7.30. The summed E-state index contributed by atoms with van der Waals surface area (Å²) in [7, 11) is 0. The number of allylic oxidation sites excluding steroid dienone is 4. The van der Waals surface area contributed by atoms with E-state index in [-0.39, 0.29) is 30.1 Å². The first-order valence-corrected chi connectivity index (χ1v) is 15.0. The van der Waals surface area contributed by atoms with Crippen LogP contribution in [0.3, 0.4) is 0 Å². The summed E-state index contributed by atoms with van der Waals surface area (Å²) in [4.78, 5) is 23.5. The average molecular weight is 616 g/mol. The molecule has 44 heavy (non-hydrogen) atoms. The Morgan fingerprint density at radius 3 is 2.43 bits per heavy atom. The van der Waals surface area contributed by atoms with Crippen molar-refractivity contribution in [3.63, 3.8) is 0 Å². The first kappa shape index (κ1) is 30.5. The summed E-state index contributed by atoms with van der Waals surface area (Å²) < 4.78 is 71.7. The number of rotatable bonds is 6. The Bertz CT molecular complexity index is 1560. The van der Waals surface area contributed by atoms with Gasteiger partial charge in [0.1, 0.15) is 5.60 Å². The van der Waals surface area contributed by atoms with Crippen molar-refractivity contribution in [2.45, 2.75) is 82.0 Å². The van der Waals surface area contributed by atoms with Crippen molar-refractivity contribution in [2.24, 2.45) is 17.3 Å². The highest BCUT2D eigenvalue weighted by Gasteiger charge is 2.79. The number of carbonyl (C=O) groups is 2. The van der Waals surface area contributed by atoms with Gasteiger partial charge in [-0.15, -0.1) is 0 Å². The standard InChI is InChI=1S/C34H34F5NO4/c1-31-17-27(20-7-5-19(6-8-20)18-40-23-4-2-3-22(15-23)30(42)43)29-25-12-10-24(41)16-21(25)9-11-26(29)28(31)13-14-32(31,44)33(35,36)34(37,38)39/h2-8,15-16,26-28,40,44H,9-14,17-18H2,1H3,(H,42,43)/t26?,27-,28?,31+,32-/m1/s1. The van der Waals surface area contributed by atoms with Crippen molar-refractivity contribution >= 4 is 17.4 Å². The topological polar surface area (TPSA) is 86.6 Å². The number of fused-ring (bicyclic) bond motifs is 4. The zero-order chi connectivity index (χ0) is 31.7. The predicted octanol–water partition coefficient (Wildman–Crippen LogP) is 7.83. The molecule has 10 heteroatoms. The van der Waals surface area contributed by atoms with Crippen LogP contribution in [0.15, 0.2) is 71.3 Å². The van der Waals surface area contributed by atoms with Crippen molar-refractivity contribution in [3.05, 3.63) is 88.0 Å². The van der Waals surface area contributed by atoms with E-state index in [0.717, 1.165) is 27.8 Å². The Labute approximate surface area is 251 Å². The lowest BCUT2D eigenvalue weighted by Gasteiger charge is -2.56. The summed E-state index contributed by atoms with van der Waals surface area (Å²) in [6, 6.07) is 13.8. The molecule has 0 aromatic heterocycles. The van der Waals surface area contributed by atoms with Gasteiger partial charge in [-0.3, -0.25) is 4.79 Å². The molecule has 4 aliphatic rings. The van der Waals surface area contributed by atoms with Crippen molar-refractivity contribution in [1.29, 1.82) is 0 Å². The Balaban J connectivity index is 1.37. The Hall–Kier alpha value is -3.53. The highest BCUT2D eigenvalue weighted by Crippen LogP contribution is 2.70. The molecule has 2 unspecified atom stereocenters. The summed E-state index contributed by atoms with van der Waals surface area (Å²) in [5, 5.41) is 23.8. The number of anilines is 1. The molecule has 2 saturated carbocycles. The lowest BCUT2D eigenvalue weighted by Crippen LogP contribution is -2.65. The monoisotopic (exact) mass is 615 g/mol. The van der Waals surface area contributed by atoms with E-state index in [0.29, 0.717) is 37.9 Å². The summed E-state index contributed by atoms with van der Waals surface area (Å²) in [5.74, 6) is -7.62. The number of carboxylic acid groups (broad SMARTS) is 1. The van der Waals surface area contributed by atoms with Crippen molar-refractivity contribution in [3.8, 4) is 0 Å². The molecule has 2 aromatic carbocycles. The smallest absolute Gasteiger partial charge is 0.456 e. The highest BCUT2D eigenvalue weighted by molar-refractivity contribution is 5.93. The van der Waals surface area contributed by atoms with Crippen LogP contribution in [0.1, 0.15) is 79.3 Å². The van der Waals surface area contributed by atoms with Crippen LogP contribution >= 0.6 is 0 Å². The quantitative estimate of drug-likeness (QED) is 0.289. The molecule has 5 atom stereocenters. The normalized spacial score (nSPS) is 30.3. The molecule has 5 nitrogen and oxygen atoms in total. The van der Waals surface area contributed by atoms with Gasteiger partial charge < -0.3 is 15.5 Å². The number of carboxylic acids is 1. The fraction of sp³-hybridized carbons (Fsp3) is 0.471. The third kappa shape index (κ3) is 4.68. The highest BCUT2D eigenvalue weighted by atomic mass is 19.4. The van der Waals surface area contributed by atoms with Crippen molar-refractivity contribution in [1.82, 2.24) is 0 Å². The average Bonchev–Trinajstić information content (AvgIpc) is 3.26. The van der Waals surface area contributed by atoms with Gasteiger partial charge in [-0.25, -0.2) is 4.79 Å². The second kappa shape index (κ2) is 10.5. The third-order valence-corrected chi connectivity index (χ3v) is 10.8. The molecule has 4 aliphatic carbocycles. The van der Waals surface area contributed by atoms with Gasteiger partial charge in [0.2, 0.25) is 0 Å². The molecule has 2 aromatic rings. The second-order valence-corrected chi connectivity index (χ2v) is 12.9. The summed E-state index contributed by atoms with van der Waals surface area (Å²) >= 11 is 0. The van der Waals surface area contributed by atoms with Crippen LogP contribution in [0.5, 0.6) is 0 Å². The van der Waals surface area contributed by atoms with Crippen LogP contribution in [0.25, 0.3) is 0 Å². The number of benzene rings is 2. The van der Waals surface area contributed by atoms with E-state index >= 15 is 8.78 Å². The largest absolute Gasteiger partial charge is 0.478 e. The van der Waals surface area contributed by atoms with E-state index < -0.39 is 47.3 Å². The molecule has 2 fully saturated rings.